The topological polar surface area (TPSA) is 261 Å². The molecule has 0 aromatic heterocycles. The van der Waals surface area contributed by atoms with E-state index in [9.17, 15) is 83.0 Å². The van der Waals surface area contributed by atoms with Crippen molar-refractivity contribution in [2.75, 3.05) is 62.6 Å². The fourth-order valence-electron chi connectivity index (χ4n) is 13.8. The molecule has 6 aliphatic rings. The summed E-state index contributed by atoms with van der Waals surface area (Å²) in [5.74, 6) is -2.98. The molecule has 0 radical (unpaired) electrons. The number of esters is 1. The summed E-state index contributed by atoms with van der Waals surface area (Å²) in [5, 5.41) is 21.2. The molecular formula is C83H93F9N6O16. The smallest absolute Gasteiger partial charge is 0.416 e. The predicted octanol–water partition coefficient (Wildman–Crippen LogP) is 15.7. The van der Waals surface area contributed by atoms with Gasteiger partial charge in [0, 0.05) is 50.8 Å². The lowest BCUT2D eigenvalue weighted by Crippen LogP contribution is -2.51. The first-order chi connectivity index (χ1) is 53.5. The van der Waals surface area contributed by atoms with Crippen LogP contribution in [0.15, 0.2) is 109 Å². The second kappa shape index (κ2) is 35.0. The number of carbonyl (C=O) groups excluding carboxylic acids is 6. The van der Waals surface area contributed by atoms with Gasteiger partial charge in [0.1, 0.15) is 60.4 Å². The Morgan fingerprint density at radius 3 is 1.03 bits per heavy atom. The number of benzene rings is 6. The standard InChI is InChI=1S/C30H35F3N2O6.C29H33F3N2O6.C24H25F3N2O4/c1-29(2,3)41-28(38)34(4)25(16-26(36)39-5)27(37)35-13-12-20-15-21(9-11-24(20)35)40-17-18-6-10-22(19-7-8-19)23(14-18)30(31,32)33;1-28(2,3)40-27(38)33(4)24(15-25(35)36)26(37)34-12-11-19-14-20(8-10-23(19)34)39-16-17-5-9-21(18-6-7-18)22(13-17)29(30,31)32;1-28-20(12-22(30)31)23(32)29-9-8-16-11-17(5-7-21(16)29)33-13-14-2-6-18(15-3-4-15)19(10-14)24(25,26)27/h6,9-11,14-15,19,25H,7-8,12-13,16-17H2,1-5H3;5,8-10,13-14,18,24H,6-7,11-12,15-16H2,1-4H3,(H,35,36);2,5-7,10-11,15,20,28H,3-4,8-9,12-13H2,1H3,(H,30,31)/t25-;24-;20-/m111/s1. The Morgan fingerprint density at radius 1 is 0.447 bits per heavy atom. The number of nitrogens with zero attached hydrogens (tertiary/aromatic N) is 5. The first-order valence-corrected chi connectivity index (χ1v) is 37.4. The molecule has 3 aliphatic carbocycles. The van der Waals surface area contributed by atoms with Crippen molar-refractivity contribution < 1.29 is 117 Å². The maximum atomic E-state index is 13.6. The molecule has 22 nitrogen and oxygen atoms in total. The number of ether oxygens (including phenoxy) is 6. The van der Waals surface area contributed by atoms with Crippen LogP contribution >= 0.6 is 0 Å². The second-order valence-electron chi connectivity index (χ2n) is 31.1. The lowest BCUT2D eigenvalue weighted by Gasteiger charge is -2.32. The van der Waals surface area contributed by atoms with Crippen LogP contribution in [0.5, 0.6) is 17.2 Å². The number of rotatable bonds is 24. The molecule has 5 amide bonds. The van der Waals surface area contributed by atoms with Crippen LogP contribution in [0, 0.1) is 0 Å². The molecule has 114 heavy (non-hydrogen) atoms. The third kappa shape index (κ3) is 22.2. The van der Waals surface area contributed by atoms with Gasteiger partial charge in [-0.25, -0.2) is 9.59 Å². The number of fused-ring (bicyclic) bond motifs is 3. The zero-order chi connectivity index (χ0) is 83.3. The molecule has 3 saturated carbocycles. The highest BCUT2D eigenvalue weighted by atomic mass is 19.4. The minimum atomic E-state index is -4.44. The lowest BCUT2D eigenvalue weighted by atomic mass is 10.00. The van der Waals surface area contributed by atoms with Crippen molar-refractivity contribution in [3.63, 3.8) is 0 Å². The highest BCUT2D eigenvalue weighted by molar-refractivity contribution is 6.03. The van der Waals surface area contributed by atoms with Crippen molar-refractivity contribution in [3.05, 3.63) is 176 Å². The van der Waals surface area contributed by atoms with Gasteiger partial charge in [0.05, 0.1) is 49.1 Å². The third-order valence-corrected chi connectivity index (χ3v) is 20.0. The van der Waals surface area contributed by atoms with E-state index in [0.717, 1.165) is 77.1 Å². The van der Waals surface area contributed by atoms with E-state index in [1.807, 2.05) is 0 Å². The van der Waals surface area contributed by atoms with Crippen molar-refractivity contribution in [1.82, 2.24) is 15.1 Å². The van der Waals surface area contributed by atoms with Gasteiger partial charge in [0.2, 0.25) is 5.91 Å². The highest BCUT2D eigenvalue weighted by Gasteiger charge is 2.44. The maximum Gasteiger partial charge on any atom is 0.416 e. The van der Waals surface area contributed by atoms with Crippen LogP contribution in [0.2, 0.25) is 0 Å². The monoisotopic (exact) mass is 1600 g/mol. The zero-order valence-corrected chi connectivity index (χ0v) is 64.8. The number of hydrogen-bond acceptors (Lipinski definition) is 15. The van der Waals surface area contributed by atoms with Crippen molar-refractivity contribution >= 4 is 64.9 Å². The van der Waals surface area contributed by atoms with E-state index in [0.29, 0.717) is 100 Å². The fourth-order valence-corrected chi connectivity index (χ4v) is 13.8. The fraction of sp³-hybridized carbons (Fsp3) is 0.470. The Bertz CT molecular complexity index is 4580. The average Bonchev–Trinajstić information content (AvgIpc) is 1.62. The molecule has 6 aromatic rings. The Morgan fingerprint density at radius 2 is 0.754 bits per heavy atom. The quantitative estimate of drug-likeness (QED) is 0.0289. The normalized spacial score (nSPS) is 15.9. The molecule has 3 atom stereocenters. The molecule has 0 spiro atoms. The predicted molar refractivity (Wildman–Crippen MR) is 400 cm³/mol. The average molecular weight is 1600 g/mol. The number of halogens is 9. The second-order valence-corrected chi connectivity index (χ2v) is 31.1. The SMILES string of the molecule is CN(C(=O)OC(C)(C)C)[C@H](CC(=O)O)C(=O)N1CCc2cc(OCc3ccc(C4CC4)c(C(F)(F)F)c3)ccc21.CN[C@H](CC(=O)O)C(=O)N1CCc2cc(OCc3ccc(C4CC4)c(C(F)(F)F)c3)ccc21.COC(=O)C[C@H](C(=O)N1CCc2cc(OCc3ccc(C4CC4)c(C(F)(F)F)c3)ccc21)N(C)C(=O)OC(C)(C)C. The number of carboxylic acids is 2. The molecule has 3 heterocycles. The number of anilines is 3. The Hall–Kier alpha value is -10.6. The Balaban J connectivity index is 0.000000182. The van der Waals surface area contributed by atoms with E-state index < -0.39 is 113 Å². The largest absolute Gasteiger partial charge is 0.489 e. The van der Waals surface area contributed by atoms with Crippen LogP contribution < -0.4 is 34.2 Å². The van der Waals surface area contributed by atoms with Crippen molar-refractivity contribution in [2.24, 2.45) is 0 Å². The molecule has 12 rings (SSSR count). The van der Waals surface area contributed by atoms with Gasteiger partial charge in [0.25, 0.3) is 11.8 Å². The number of alkyl halides is 9. The van der Waals surface area contributed by atoms with Gasteiger partial charge in [-0.3, -0.25) is 38.6 Å². The summed E-state index contributed by atoms with van der Waals surface area (Å²) >= 11 is 0. The van der Waals surface area contributed by atoms with Crippen molar-refractivity contribution in [2.45, 2.75) is 204 Å². The minimum Gasteiger partial charge on any atom is -0.489 e. The molecular weight excluding hydrogens is 1510 g/mol. The summed E-state index contributed by atoms with van der Waals surface area (Å²) in [4.78, 5) is 106. The Kier molecular flexibility index (Phi) is 26.4. The van der Waals surface area contributed by atoms with E-state index in [1.165, 1.54) is 43.1 Å². The van der Waals surface area contributed by atoms with E-state index in [1.54, 1.807) is 138 Å². The van der Waals surface area contributed by atoms with Gasteiger partial charge in [-0.2, -0.15) is 39.5 Å². The molecule has 0 unspecified atom stereocenters. The minimum absolute atomic E-state index is 0.00281. The molecule has 0 saturated heterocycles. The van der Waals surface area contributed by atoms with Crippen molar-refractivity contribution in [3.8, 4) is 17.2 Å². The summed E-state index contributed by atoms with van der Waals surface area (Å²) in [6.07, 6.45) is -9.90. The summed E-state index contributed by atoms with van der Waals surface area (Å²) in [7, 11) is 5.47. The summed E-state index contributed by atoms with van der Waals surface area (Å²) in [6, 6.07) is 25.1. The van der Waals surface area contributed by atoms with Crippen LogP contribution in [0.3, 0.4) is 0 Å². The first-order valence-electron chi connectivity index (χ1n) is 37.4. The maximum absolute atomic E-state index is 13.6. The zero-order valence-electron chi connectivity index (χ0n) is 64.8. The third-order valence-electron chi connectivity index (χ3n) is 20.0. The molecule has 0 bridgehead atoms. The van der Waals surface area contributed by atoms with E-state index in [2.05, 4.69) is 5.32 Å². The van der Waals surface area contributed by atoms with Gasteiger partial charge in [-0.15, -0.1) is 0 Å². The molecule has 614 valence electrons. The summed E-state index contributed by atoms with van der Waals surface area (Å²) < 4.78 is 155. The number of methoxy groups -OCH3 is 1. The number of aliphatic carboxylic acids is 2. The summed E-state index contributed by atoms with van der Waals surface area (Å²) in [5.41, 5.74) is 3.11. The van der Waals surface area contributed by atoms with Crippen LogP contribution in [-0.2, 0) is 101 Å². The number of hydrogen-bond donors (Lipinski definition) is 3. The Labute approximate surface area is 653 Å². The van der Waals surface area contributed by atoms with E-state index >= 15 is 0 Å². The molecule has 3 fully saturated rings. The number of carboxylic acid groups (broad SMARTS) is 2. The number of likely N-dealkylation sites (N-methyl/N-ethyl adjacent to an activating group) is 3. The number of carbonyl (C=O) groups is 8. The molecule has 3 aliphatic heterocycles. The van der Waals surface area contributed by atoms with Gasteiger partial charge in [-0.1, -0.05) is 36.4 Å². The summed E-state index contributed by atoms with van der Waals surface area (Å²) in [6.45, 7) is 11.0. The highest BCUT2D eigenvalue weighted by Crippen LogP contribution is 2.49. The number of nitrogens with one attached hydrogen (secondary N) is 1. The van der Waals surface area contributed by atoms with Gasteiger partial charge < -0.3 is 58.7 Å². The van der Waals surface area contributed by atoms with E-state index in [-0.39, 0.29) is 62.9 Å². The van der Waals surface area contributed by atoms with Crippen molar-refractivity contribution in [1.29, 1.82) is 0 Å². The van der Waals surface area contributed by atoms with Gasteiger partial charge in [-0.05, 0) is 247 Å². The molecule has 3 N–H and O–H groups in total. The van der Waals surface area contributed by atoms with E-state index in [4.69, 9.17) is 33.5 Å². The number of amides is 5. The van der Waals surface area contributed by atoms with Gasteiger partial charge in [0.15, 0.2) is 0 Å². The van der Waals surface area contributed by atoms with Crippen LogP contribution in [0.1, 0.15) is 184 Å². The van der Waals surface area contributed by atoms with Gasteiger partial charge >= 0.3 is 48.6 Å². The van der Waals surface area contributed by atoms with Crippen LogP contribution in [0.4, 0.5) is 66.2 Å². The molecule has 31 heteroatoms. The van der Waals surface area contributed by atoms with Crippen LogP contribution in [-0.4, -0.2) is 145 Å². The lowest BCUT2D eigenvalue weighted by molar-refractivity contribution is -0.144. The van der Waals surface area contributed by atoms with Crippen LogP contribution in [0.25, 0.3) is 0 Å². The molecule has 6 aromatic carbocycles. The first kappa shape index (κ1) is 85.8.